The van der Waals surface area contributed by atoms with Crippen LogP contribution in [-0.4, -0.2) is 19.7 Å². The van der Waals surface area contributed by atoms with Crippen LogP contribution in [0.15, 0.2) is 18.3 Å². The Morgan fingerprint density at radius 1 is 1.37 bits per heavy atom. The highest BCUT2D eigenvalue weighted by molar-refractivity contribution is 5.25. The molecule has 0 radical (unpaired) electrons. The van der Waals surface area contributed by atoms with E-state index < -0.39 is 0 Å². The molecule has 1 fully saturated rings. The van der Waals surface area contributed by atoms with Crippen molar-refractivity contribution in [2.24, 2.45) is 7.05 Å². The Morgan fingerprint density at radius 2 is 2.21 bits per heavy atom. The number of ether oxygens (including phenoxy) is 1. The molecule has 1 saturated carbocycles. The topological polar surface area (TPSA) is 52.8 Å². The van der Waals surface area contributed by atoms with Crippen LogP contribution in [0, 0.1) is 6.92 Å². The van der Waals surface area contributed by atoms with Gasteiger partial charge in [-0.15, -0.1) is 10.2 Å². The van der Waals surface area contributed by atoms with E-state index >= 15 is 0 Å². The number of aryl methyl sites for hydroxylation is 1. The molecule has 2 aromatic rings. The third-order valence-corrected chi connectivity index (χ3v) is 3.78. The summed E-state index contributed by atoms with van der Waals surface area (Å²) in [5.74, 6) is 3.35. The molecule has 0 aromatic carbocycles. The van der Waals surface area contributed by atoms with Crippen LogP contribution >= 0.6 is 0 Å². The smallest absolute Gasteiger partial charge is 0.170 e. The maximum Gasteiger partial charge on any atom is 0.170 e. The number of pyridine rings is 1. The van der Waals surface area contributed by atoms with Crippen LogP contribution in [-0.2, 0) is 13.7 Å². The Hall–Kier alpha value is -1.91. The molecule has 0 aliphatic heterocycles. The molecule has 2 heterocycles. The second kappa shape index (κ2) is 4.99. The fraction of sp³-hybridized carbons (Fsp3) is 0.500. The SMILES string of the molecule is Cc1ncccc1OCc1nnc(C2CCC2)n1C. The van der Waals surface area contributed by atoms with Crippen LogP contribution in [0.3, 0.4) is 0 Å². The first kappa shape index (κ1) is 12.1. The monoisotopic (exact) mass is 258 g/mol. The molecule has 19 heavy (non-hydrogen) atoms. The van der Waals surface area contributed by atoms with Gasteiger partial charge in [-0.3, -0.25) is 4.98 Å². The molecule has 0 atom stereocenters. The van der Waals surface area contributed by atoms with Crippen molar-refractivity contribution in [2.75, 3.05) is 0 Å². The maximum absolute atomic E-state index is 5.76. The summed E-state index contributed by atoms with van der Waals surface area (Å²) < 4.78 is 7.83. The van der Waals surface area contributed by atoms with Crippen molar-refractivity contribution < 1.29 is 4.74 Å². The molecule has 0 unspecified atom stereocenters. The predicted molar refractivity (Wildman–Crippen MR) is 70.9 cm³/mol. The van der Waals surface area contributed by atoms with E-state index in [4.69, 9.17) is 4.74 Å². The summed E-state index contributed by atoms with van der Waals surface area (Å²) in [4.78, 5) is 4.20. The van der Waals surface area contributed by atoms with Gasteiger partial charge in [-0.1, -0.05) is 6.42 Å². The third kappa shape index (κ3) is 2.32. The first-order chi connectivity index (χ1) is 9.25. The molecule has 3 rings (SSSR count). The largest absolute Gasteiger partial charge is 0.484 e. The quantitative estimate of drug-likeness (QED) is 0.844. The van der Waals surface area contributed by atoms with Crippen molar-refractivity contribution in [3.63, 3.8) is 0 Å². The van der Waals surface area contributed by atoms with E-state index in [9.17, 15) is 0 Å². The second-order valence-electron chi connectivity index (χ2n) is 5.04. The average Bonchev–Trinajstić information content (AvgIpc) is 2.69. The minimum atomic E-state index is 0.433. The van der Waals surface area contributed by atoms with Crippen molar-refractivity contribution in [1.82, 2.24) is 19.7 Å². The number of rotatable bonds is 4. The summed E-state index contributed by atoms with van der Waals surface area (Å²) in [6, 6.07) is 3.80. The Morgan fingerprint density at radius 3 is 2.89 bits per heavy atom. The molecule has 1 aliphatic rings. The van der Waals surface area contributed by atoms with E-state index in [1.54, 1.807) is 6.20 Å². The van der Waals surface area contributed by atoms with Gasteiger partial charge in [0.25, 0.3) is 0 Å². The number of hydrogen-bond acceptors (Lipinski definition) is 4. The molecular formula is C14H18N4O. The lowest BCUT2D eigenvalue weighted by Gasteiger charge is -2.24. The normalized spacial score (nSPS) is 15.3. The van der Waals surface area contributed by atoms with E-state index in [0.29, 0.717) is 12.5 Å². The third-order valence-electron chi connectivity index (χ3n) is 3.78. The Kier molecular flexibility index (Phi) is 3.19. The van der Waals surface area contributed by atoms with Crippen molar-refractivity contribution >= 4 is 0 Å². The van der Waals surface area contributed by atoms with Gasteiger partial charge < -0.3 is 9.30 Å². The molecule has 0 saturated heterocycles. The molecule has 100 valence electrons. The Labute approximate surface area is 112 Å². The molecule has 5 nitrogen and oxygen atoms in total. The lowest BCUT2D eigenvalue weighted by molar-refractivity contribution is 0.286. The second-order valence-corrected chi connectivity index (χ2v) is 5.04. The summed E-state index contributed by atoms with van der Waals surface area (Å²) in [5.41, 5.74) is 0.892. The van der Waals surface area contributed by atoms with E-state index in [2.05, 4.69) is 19.7 Å². The summed E-state index contributed by atoms with van der Waals surface area (Å²) in [6.07, 6.45) is 5.53. The Balaban J connectivity index is 1.70. The van der Waals surface area contributed by atoms with E-state index in [-0.39, 0.29) is 0 Å². The minimum absolute atomic E-state index is 0.433. The van der Waals surface area contributed by atoms with Crippen molar-refractivity contribution in [3.8, 4) is 5.75 Å². The molecule has 0 spiro atoms. The van der Waals surface area contributed by atoms with Gasteiger partial charge in [-0.25, -0.2) is 0 Å². The van der Waals surface area contributed by atoms with Gasteiger partial charge in [-0.05, 0) is 31.9 Å². The van der Waals surface area contributed by atoms with Crippen LogP contribution in [0.25, 0.3) is 0 Å². The summed E-state index contributed by atoms with van der Waals surface area (Å²) >= 11 is 0. The van der Waals surface area contributed by atoms with Gasteiger partial charge in [0.05, 0.1) is 5.69 Å². The molecule has 1 aliphatic carbocycles. The first-order valence-electron chi connectivity index (χ1n) is 6.68. The van der Waals surface area contributed by atoms with Crippen LogP contribution < -0.4 is 4.74 Å². The summed E-state index contributed by atoms with van der Waals surface area (Å²) in [7, 11) is 2.02. The van der Waals surface area contributed by atoms with E-state index in [1.807, 2.05) is 26.1 Å². The summed E-state index contributed by atoms with van der Waals surface area (Å²) in [5, 5.41) is 8.52. The minimum Gasteiger partial charge on any atom is -0.484 e. The zero-order valence-electron chi connectivity index (χ0n) is 11.3. The lowest BCUT2D eigenvalue weighted by Crippen LogP contribution is -2.15. The highest BCUT2D eigenvalue weighted by Gasteiger charge is 2.25. The van der Waals surface area contributed by atoms with E-state index in [0.717, 1.165) is 23.1 Å². The van der Waals surface area contributed by atoms with Gasteiger partial charge in [0.15, 0.2) is 5.82 Å². The molecule has 5 heteroatoms. The predicted octanol–water partition coefficient (Wildman–Crippen LogP) is 2.37. The molecule has 2 aromatic heterocycles. The number of aromatic nitrogens is 4. The van der Waals surface area contributed by atoms with Crippen LogP contribution in [0.2, 0.25) is 0 Å². The number of nitrogens with zero attached hydrogens (tertiary/aromatic N) is 4. The zero-order chi connectivity index (χ0) is 13.2. The van der Waals surface area contributed by atoms with Gasteiger partial charge in [0.1, 0.15) is 18.2 Å². The van der Waals surface area contributed by atoms with Crippen molar-refractivity contribution in [1.29, 1.82) is 0 Å². The Bertz CT molecular complexity index is 575. The highest BCUT2D eigenvalue weighted by Crippen LogP contribution is 2.35. The van der Waals surface area contributed by atoms with Crippen molar-refractivity contribution in [3.05, 3.63) is 35.7 Å². The first-order valence-corrected chi connectivity index (χ1v) is 6.68. The van der Waals surface area contributed by atoms with Gasteiger partial charge in [0.2, 0.25) is 0 Å². The fourth-order valence-corrected chi connectivity index (χ4v) is 2.29. The average molecular weight is 258 g/mol. The van der Waals surface area contributed by atoms with Gasteiger partial charge in [0, 0.05) is 19.2 Å². The van der Waals surface area contributed by atoms with Crippen molar-refractivity contribution in [2.45, 2.75) is 38.7 Å². The van der Waals surface area contributed by atoms with E-state index in [1.165, 1.54) is 19.3 Å². The fourth-order valence-electron chi connectivity index (χ4n) is 2.29. The number of hydrogen-bond donors (Lipinski definition) is 0. The van der Waals surface area contributed by atoms with Crippen LogP contribution in [0.5, 0.6) is 5.75 Å². The lowest BCUT2D eigenvalue weighted by atomic mass is 9.85. The highest BCUT2D eigenvalue weighted by atomic mass is 16.5. The zero-order valence-corrected chi connectivity index (χ0v) is 11.3. The van der Waals surface area contributed by atoms with Gasteiger partial charge in [-0.2, -0.15) is 0 Å². The standard InChI is InChI=1S/C14H18N4O/c1-10-12(7-4-8-15-10)19-9-13-16-17-14(18(13)2)11-5-3-6-11/h4,7-8,11H,3,5-6,9H2,1-2H3. The van der Waals surface area contributed by atoms with Crippen LogP contribution in [0.1, 0.15) is 42.5 Å². The van der Waals surface area contributed by atoms with Gasteiger partial charge >= 0.3 is 0 Å². The molecular weight excluding hydrogens is 240 g/mol. The molecule has 0 N–H and O–H groups in total. The van der Waals surface area contributed by atoms with Crippen LogP contribution in [0.4, 0.5) is 0 Å². The molecule has 0 amide bonds. The maximum atomic E-state index is 5.76. The summed E-state index contributed by atoms with van der Waals surface area (Å²) in [6.45, 7) is 2.37. The molecule has 0 bridgehead atoms.